The van der Waals surface area contributed by atoms with Gasteiger partial charge in [0.25, 0.3) is 0 Å². The molecule has 0 aliphatic rings. The molecule has 0 bridgehead atoms. The predicted molar refractivity (Wildman–Crippen MR) is 104 cm³/mol. The molecular weight excluding hydrogens is 324 g/mol. The summed E-state index contributed by atoms with van der Waals surface area (Å²) >= 11 is 0. The van der Waals surface area contributed by atoms with Crippen molar-refractivity contribution in [3.63, 3.8) is 0 Å². The van der Waals surface area contributed by atoms with Gasteiger partial charge in [0.1, 0.15) is 11.5 Å². The van der Waals surface area contributed by atoms with Crippen molar-refractivity contribution in [2.75, 3.05) is 5.32 Å². The number of phenols is 2. The number of pyridine rings is 1. The molecule has 0 saturated heterocycles. The van der Waals surface area contributed by atoms with Gasteiger partial charge in [-0.25, -0.2) is 4.98 Å². The topological polar surface area (TPSA) is 65.4 Å². The molecule has 4 heteroatoms. The maximum absolute atomic E-state index is 9.53. The quantitative estimate of drug-likeness (QED) is 0.492. The second kappa shape index (κ2) is 6.76. The molecular formula is C22H18N2O2. The first-order valence-electron chi connectivity index (χ1n) is 8.39. The molecule has 128 valence electrons. The second-order valence-electron chi connectivity index (χ2n) is 6.18. The highest BCUT2D eigenvalue weighted by molar-refractivity contribution is 5.81. The molecule has 0 aliphatic carbocycles. The number of rotatable bonds is 4. The second-order valence-corrected chi connectivity index (χ2v) is 6.18. The number of nitrogens with one attached hydrogen (secondary N) is 1. The van der Waals surface area contributed by atoms with Crippen LogP contribution in [0, 0.1) is 0 Å². The molecule has 4 rings (SSSR count). The fourth-order valence-corrected chi connectivity index (χ4v) is 2.95. The Kier molecular flexibility index (Phi) is 4.15. The van der Waals surface area contributed by atoms with Gasteiger partial charge in [-0.15, -0.1) is 0 Å². The van der Waals surface area contributed by atoms with Crippen LogP contribution in [0.1, 0.15) is 5.56 Å². The first kappa shape index (κ1) is 16.0. The Bertz CT molecular complexity index is 1040. The number of hydrogen-bond donors (Lipinski definition) is 3. The van der Waals surface area contributed by atoms with Crippen LogP contribution in [0.4, 0.5) is 5.69 Å². The van der Waals surface area contributed by atoms with Crippen molar-refractivity contribution in [3.8, 4) is 22.8 Å². The maximum Gasteiger partial charge on any atom is 0.119 e. The van der Waals surface area contributed by atoms with Crippen LogP contribution in [0.2, 0.25) is 0 Å². The Balaban J connectivity index is 1.50. The number of phenolic OH excluding ortho intramolecular Hbond substituents is 2. The molecule has 4 aromatic rings. The molecule has 0 saturated carbocycles. The van der Waals surface area contributed by atoms with Gasteiger partial charge in [-0.3, -0.25) is 0 Å². The Morgan fingerprint density at radius 3 is 2.27 bits per heavy atom. The summed E-state index contributed by atoms with van der Waals surface area (Å²) in [6.45, 7) is 0.509. The summed E-state index contributed by atoms with van der Waals surface area (Å²) in [6, 6.07) is 24.8. The van der Waals surface area contributed by atoms with Crippen molar-refractivity contribution in [3.05, 3.63) is 84.4 Å². The van der Waals surface area contributed by atoms with Crippen LogP contribution in [0.5, 0.6) is 11.5 Å². The van der Waals surface area contributed by atoms with Crippen molar-refractivity contribution in [1.82, 2.24) is 4.98 Å². The third-order valence-corrected chi connectivity index (χ3v) is 4.24. The van der Waals surface area contributed by atoms with E-state index in [1.807, 2.05) is 48.5 Å². The van der Waals surface area contributed by atoms with Crippen molar-refractivity contribution in [2.45, 2.75) is 6.54 Å². The fourth-order valence-electron chi connectivity index (χ4n) is 2.95. The van der Waals surface area contributed by atoms with Gasteiger partial charge in [0.05, 0.1) is 11.2 Å². The van der Waals surface area contributed by atoms with E-state index < -0.39 is 0 Å². The molecule has 0 fully saturated rings. The van der Waals surface area contributed by atoms with Crippen molar-refractivity contribution in [1.29, 1.82) is 0 Å². The summed E-state index contributed by atoms with van der Waals surface area (Å²) in [5, 5.41) is 23.5. The van der Waals surface area contributed by atoms with Gasteiger partial charge < -0.3 is 15.5 Å². The Hall–Kier alpha value is -3.53. The summed E-state index contributed by atoms with van der Waals surface area (Å²) < 4.78 is 0. The van der Waals surface area contributed by atoms with E-state index in [2.05, 4.69) is 17.4 Å². The van der Waals surface area contributed by atoms with Gasteiger partial charge >= 0.3 is 0 Å². The molecule has 0 aliphatic heterocycles. The lowest BCUT2D eigenvalue weighted by atomic mass is 10.1. The number of hydrogen-bond acceptors (Lipinski definition) is 4. The lowest BCUT2D eigenvalue weighted by Crippen LogP contribution is -1.99. The number of para-hydroxylation sites is 1. The zero-order valence-electron chi connectivity index (χ0n) is 14.1. The first-order valence-corrected chi connectivity index (χ1v) is 8.39. The minimum atomic E-state index is 0.0551. The van der Waals surface area contributed by atoms with Gasteiger partial charge in [-0.1, -0.05) is 36.4 Å². The minimum Gasteiger partial charge on any atom is -0.508 e. The number of anilines is 1. The zero-order chi connectivity index (χ0) is 17.9. The van der Waals surface area contributed by atoms with Crippen LogP contribution in [-0.2, 0) is 6.54 Å². The number of nitrogens with zero attached hydrogens (tertiary/aromatic N) is 1. The van der Waals surface area contributed by atoms with Gasteiger partial charge in [0.2, 0.25) is 0 Å². The molecule has 3 N–H and O–H groups in total. The van der Waals surface area contributed by atoms with Gasteiger partial charge in [0.15, 0.2) is 0 Å². The molecule has 0 unspecified atom stereocenters. The predicted octanol–water partition coefficient (Wildman–Crippen LogP) is 4.93. The standard InChI is InChI=1S/C22H18N2O2/c25-19-11-15(12-20(26)13-19)14-23-18-8-5-17(6-9-18)22-10-7-16-3-1-2-4-21(16)24-22/h1-13,23,25-26H,14H2. The molecule has 1 aromatic heterocycles. The maximum atomic E-state index is 9.53. The summed E-state index contributed by atoms with van der Waals surface area (Å²) in [7, 11) is 0. The van der Waals surface area contributed by atoms with E-state index in [9.17, 15) is 10.2 Å². The van der Waals surface area contributed by atoms with Gasteiger partial charge in [-0.05, 0) is 42.0 Å². The van der Waals surface area contributed by atoms with E-state index in [0.717, 1.165) is 33.4 Å². The van der Waals surface area contributed by atoms with Crippen molar-refractivity contribution in [2.24, 2.45) is 0 Å². The Morgan fingerprint density at radius 2 is 1.50 bits per heavy atom. The number of fused-ring (bicyclic) bond motifs is 1. The van der Waals surface area contributed by atoms with Crippen LogP contribution in [-0.4, -0.2) is 15.2 Å². The van der Waals surface area contributed by atoms with Crippen LogP contribution in [0.15, 0.2) is 78.9 Å². The van der Waals surface area contributed by atoms with Crippen molar-refractivity contribution >= 4 is 16.6 Å². The molecule has 26 heavy (non-hydrogen) atoms. The number of benzene rings is 3. The Morgan fingerprint density at radius 1 is 0.769 bits per heavy atom. The zero-order valence-corrected chi connectivity index (χ0v) is 14.1. The summed E-state index contributed by atoms with van der Waals surface area (Å²) in [6.07, 6.45) is 0. The average molecular weight is 342 g/mol. The van der Waals surface area contributed by atoms with E-state index in [1.165, 1.54) is 6.07 Å². The number of aromatic nitrogens is 1. The van der Waals surface area contributed by atoms with Crippen LogP contribution in [0.3, 0.4) is 0 Å². The summed E-state index contributed by atoms with van der Waals surface area (Å²) in [5.41, 5.74) is 4.74. The Labute approximate surface area is 151 Å². The van der Waals surface area contributed by atoms with Crippen LogP contribution in [0.25, 0.3) is 22.2 Å². The lowest BCUT2D eigenvalue weighted by molar-refractivity contribution is 0.449. The largest absolute Gasteiger partial charge is 0.508 e. The SMILES string of the molecule is Oc1cc(O)cc(CNc2ccc(-c3ccc4ccccc4n3)cc2)c1. The van der Waals surface area contributed by atoms with Crippen LogP contribution < -0.4 is 5.32 Å². The van der Waals surface area contributed by atoms with E-state index in [4.69, 9.17) is 4.98 Å². The van der Waals surface area contributed by atoms with Crippen molar-refractivity contribution < 1.29 is 10.2 Å². The molecule has 0 atom stereocenters. The fraction of sp³-hybridized carbons (Fsp3) is 0.0455. The van der Waals surface area contributed by atoms with E-state index >= 15 is 0 Å². The smallest absolute Gasteiger partial charge is 0.119 e. The molecule has 0 spiro atoms. The number of aromatic hydroxyl groups is 2. The molecule has 0 radical (unpaired) electrons. The molecule has 0 amide bonds. The average Bonchev–Trinajstić information content (AvgIpc) is 2.66. The van der Waals surface area contributed by atoms with E-state index in [1.54, 1.807) is 12.1 Å². The highest BCUT2D eigenvalue weighted by Crippen LogP contribution is 2.24. The summed E-state index contributed by atoms with van der Waals surface area (Å²) in [5.74, 6) is 0.110. The van der Waals surface area contributed by atoms with E-state index in [0.29, 0.717) is 6.54 Å². The van der Waals surface area contributed by atoms with Gasteiger partial charge in [0, 0.05) is 29.2 Å². The monoisotopic (exact) mass is 342 g/mol. The van der Waals surface area contributed by atoms with E-state index in [-0.39, 0.29) is 11.5 Å². The first-order chi connectivity index (χ1) is 12.7. The minimum absolute atomic E-state index is 0.0551. The summed E-state index contributed by atoms with van der Waals surface area (Å²) in [4.78, 5) is 4.71. The third kappa shape index (κ3) is 3.44. The highest BCUT2D eigenvalue weighted by atomic mass is 16.3. The van der Waals surface area contributed by atoms with Gasteiger partial charge in [-0.2, -0.15) is 0 Å². The normalized spacial score (nSPS) is 10.8. The molecule has 1 heterocycles. The van der Waals surface area contributed by atoms with Crippen LogP contribution >= 0.6 is 0 Å². The molecule has 4 nitrogen and oxygen atoms in total. The highest BCUT2D eigenvalue weighted by Gasteiger charge is 2.03. The molecule has 3 aromatic carbocycles. The third-order valence-electron chi connectivity index (χ3n) is 4.24. The lowest BCUT2D eigenvalue weighted by Gasteiger charge is -2.09.